The number of morpholine rings is 1. The van der Waals surface area contributed by atoms with Crippen LogP contribution in [0.15, 0.2) is 35.8 Å². The van der Waals surface area contributed by atoms with E-state index in [4.69, 9.17) is 9.47 Å². The molecule has 7 nitrogen and oxygen atoms in total. The van der Waals surface area contributed by atoms with Gasteiger partial charge in [-0.3, -0.25) is 4.79 Å². The number of esters is 1. The molecule has 1 fully saturated rings. The number of carbonyl (C=O) groups excluding carboxylic acids is 2. The van der Waals surface area contributed by atoms with Gasteiger partial charge in [-0.15, -0.1) is 11.3 Å². The maximum atomic E-state index is 12.3. The zero-order valence-corrected chi connectivity index (χ0v) is 14.5. The second-order valence-electron chi connectivity index (χ2n) is 5.41. The minimum Gasteiger partial charge on any atom is -0.452 e. The van der Waals surface area contributed by atoms with Gasteiger partial charge in [-0.05, 0) is 23.6 Å². The van der Waals surface area contributed by atoms with Crippen LogP contribution in [0, 0.1) is 0 Å². The Hall–Kier alpha value is -2.45. The number of thiophene rings is 1. The maximum Gasteiger partial charge on any atom is 0.342 e. The maximum absolute atomic E-state index is 12.3. The topological polar surface area (TPSA) is 80.8 Å². The van der Waals surface area contributed by atoms with Gasteiger partial charge in [-0.2, -0.15) is 0 Å². The Morgan fingerprint density at radius 2 is 2.12 bits per heavy atom. The average molecular weight is 361 g/mol. The second kappa shape index (κ2) is 8.59. The number of nitrogens with one attached hydrogen (secondary N) is 1. The van der Waals surface area contributed by atoms with Gasteiger partial charge in [0.05, 0.1) is 19.8 Å². The lowest BCUT2D eigenvalue weighted by Gasteiger charge is -2.28. The third-order valence-electron chi connectivity index (χ3n) is 3.69. The lowest BCUT2D eigenvalue weighted by molar-refractivity contribution is -0.124. The molecule has 1 saturated heterocycles. The highest BCUT2D eigenvalue weighted by atomic mass is 32.1. The summed E-state index contributed by atoms with van der Waals surface area (Å²) in [5, 5.41) is 4.66. The molecule has 25 heavy (non-hydrogen) atoms. The Labute approximate surface area is 149 Å². The van der Waals surface area contributed by atoms with Crippen molar-refractivity contribution in [2.75, 3.05) is 37.8 Å². The number of aromatic nitrogens is 1. The first-order valence-electron chi connectivity index (χ1n) is 7.98. The molecule has 3 rings (SSSR count). The lowest BCUT2D eigenvalue weighted by atomic mass is 10.2. The minimum atomic E-state index is -0.555. The molecule has 0 saturated carbocycles. The van der Waals surface area contributed by atoms with Gasteiger partial charge in [0.25, 0.3) is 5.91 Å². The van der Waals surface area contributed by atoms with Crippen molar-refractivity contribution in [3.8, 4) is 0 Å². The van der Waals surface area contributed by atoms with E-state index in [0.717, 1.165) is 4.88 Å². The fourth-order valence-corrected chi connectivity index (χ4v) is 3.09. The molecule has 0 aliphatic carbocycles. The van der Waals surface area contributed by atoms with Crippen LogP contribution in [0.25, 0.3) is 0 Å². The fourth-order valence-electron chi connectivity index (χ4n) is 2.44. The molecule has 2 aromatic heterocycles. The van der Waals surface area contributed by atoms with E-state index in [9.17, 15) is 9.59 Å². The van der Waals surface area contributed by atoms with Crippen LogP contribution in [0.4, 0.5) is 5.82 Å². The summed E-state index contributed by atoms with van der Waals surface area (Å²) < 4.78 is 10.5. The third kappa shape index (κ3) is 4.77. The van der Waals surface area contributed by atoms with Gasteiger partial charge in [0.1, 0.15) is 11.4 Å². The van der Waals surface area contributed by atoms with Crippen LogP contribution in [0.5, 0.6) is 0 Å². The molecule has 0 atom stereocenters. The normalized spacial score (nSPS) is 14.2. The van der Waals surface area contributed by atoms with Crippen LogP contribution in [0.3, 0.4) is 0 Å². The van der Waals surface area contributed by atoms with Crippen LogP contribution >= 0.6 is 11.3 Å². The molecule has 132 valence electrons. The number of ether oxygens (including phenoxy) is 2. The van der Waals surface area contributed by atoms with Crippen LogP contribution in [-0.2, 0) is 20.8 Å². The Bertz CT molecular complexity index is 714. The van der Waals surface area contributed by atoms with Crippen molar-refractivity contribution in [3.63, 3.8) is 0 Å². The number of carbonyl (C=O) groups is 2. The molecule has 1 amide bonds. The summed E-state index contributed by atoms with van der Waals surface area (Å²) in [6, 6.07) is 7.18. The minimum absolute atomic E-state index is 0.318. The van der Waals surface area contributed by atoms with Crippen molar-refractivity contribution >= 4 is 29.0 Å². The number of rotatable bonds is 6. The van der Waals surface area contributed by atoms with Crippen molar-refractivity contribution in [1.82, 2.24) is 10.3 Å². The van der Waals surface area contributed by atoms with E-state index in [0.29, 0.717) is 44.2 Å². The van der Waals surface area contributed by atoms with Gasteiger partial charge in [0.2, 0.25) is 0 Å². The molecule has 0 aromatic carbocycles. The van der Waals surface area contributed by atoms with E-state index in [-0.39, 0.29) is 12.5 Å². The monoisotopic (exact) mass is 361 g/mol. The van der Waals surface area contributed by atoms with E-state index in [1.54, 1.807) is 29.7 Å². The molecular weight excluding hydrogens is 342 g/mol. The molecule has 8 heteroatoms. The van der Waals surface area contributed by atoms with E-state index >= 15 is 0 Å². The van der Waals surface area contributed by atoms with Crippen LogP contribution in [-0.4, -0.2) is 49.8 Å². The quantitative estimate of drug-likeness (QED) is 0.785. The molecule has 0 spiro atoms. The van der Waals surface area contributed by atoms with Crippen molar-refractivity contribution in [2.24, 2.45) is 0 Å². The summed E-state index contributed by atoms with van der Waals surface area (Å²) in [7, 11) is 0. The van der Waals surface area contributed by atoms with E-state index in [1.165, 1.54) is 0 Å². The number of nitrogens with zero attached hydrogens (tertiary/aromatic N) is 2. The molecule has 0 bridgehead atoms. The van der Waals surface area contributed by atoms with Gasteiger partial charge >= 0.3 is 5.97 Å². The number of amides is 1. The molecule has 1 aliphatic heterocycles. The predicted octanol–water partition coefficient (Wildman–Crippen LogP) is 1.45. The highest BCUT2D eigenvalue weighted by molar-refractivity contribution is 7.09. The first-order chi connectivity index (χ1) is 12.2. The standard InChI is InChI=1S/C17H19N3O4S/c21-15(19-11-13-3-2-10-25-13)12-24-17(22)14-4-1-5-18-16(14)20-6-8-23-9-7-20/h1-5,10H,6-9,11-12H2,(H,19,21). The first kappa shape index (κ1) is 17.4. The summed E-state index contributed by atoms with van der Waals surface area (Å²) in [5.74, 6) is -0.325. The lowest BCUT2D eigenvalue weighted by Crippen LogP contribution is -2.38. The molecule has 2 aromatic rings. The molecule has 1 N–H and O–H groups in total. The van der Waals surface area contributed by atoms with E-state index < -0.39 is 5.97 Å². The number of pyridine rings is 1. The van der Waals surface area contributed by atoms with Crippen LogP contribution < -0.4 is 10.2 Å². The largest absolute Gasteiger partial charge is 0.452 e. The van der Waals surface area contributed by atoms with Crippen molar-refractivity contribution in [2.45, 2.75) is 6.54 Å². The third-order valence-corrected chi connectivity index (χ3v) is 4.57. The smallest absolute Gasteiger partial charge is 0.342 e. The summed E-state index contributed by atoms with van der Waals surface area (Å²) in [6.45, 7) is 2.63. The van der Waals surface area contributed by atoms with E-state index in [2.05, 4.69) is 10.3 Å². The summed E-state index contributed by atoms with van der Waals surface area (Å²) in [4.78, 5) is 31.5. The predicted molar refractivity (Wildman–Crippen MR) is 93.7 cm³/mol. The molecular formula is C17H19N3O4S. The van der Waals surface area contributed by atoms with Crippen LogP contribution in [0.2, 0.25) is 0 Å². The average Bonchev–Trinajstić information content (AvgIpc) is 3.19. The first-order valence-corrected chi connectivity index (χ1v) is 8.86. The van der Waals surface area contributed by atoms with Gasteiger partial charge in [-0.1, -0.05) is 6.07 Å². The molecule has 3 heterocycles. The van der Waals surface area contributed by atoms with Crippen molar-refractivity contribution < 1.29 is 19.1 Å². The Balaban J connectivity index is 1.55. The summed E-state index contributed by atoms with van der Waals surface area (Å²) >= 11 is 1.56. The number of hydrogen-bond donors (Lipinski definition) is 1. The zero-order chi connectivity index (χ0) is 17.5. The molecule has 0 unspecified atom stereocenters. The highest BCUT2D eigenvalue weighted by Crippen LogP contribution is 2.19. The SMILES string of the molecule is O=C(COC(=O)c1cccnc1N1CCOCC1)NCc1cccs1. The van der Waals surface area contributed by atoms with Crippen LogP contribution in [0.1, 0.15) is 15.2 Å². The molecule has 0 radical (unpaired) electrons. The Kier molecular flexibility index (Phi) is 5.97. The Morgan fingerprint density at radius 1 is 1.28 bits per heavy atom. The number of anilines is 1. The van der Waals surface area contributed by atoms with Gasteiger partial charge in [0, 0.05) is 24.2 Å². The summed E-state index contributed by atoms with van der Waals surface area (Å²) in [5.41, 5.74) is 0.357. The highest BCUT2D eigenvalue weighted by Gasteiger charge is 2.21. The Morgan fingerprint density at radius 3 is 2.88 bits per heavy atom. The van der Waals surface area contributed by atoms with Gasteiger partial charge < -0.3 is 19.7 Å². The second-order valence-corrected chi connectivity index (χ2v) is 6.44. The molecule has 1 aliphatic rings. The zero-order valence-electron chi connectivity index (χ0n) is 13.6. The van der Waals surface area contributed by atoms with E-state index in [1.807, 2.05) is 22.4 Å². The number of hydrogen-bond acceptors (Lipinski definition) is 7. The van der Waals surface area contributed by atoms with Crippen molar-refractivity contribution in [3.05, 3.63) is 46.3 Å². The fraction of sp³-hybridized carbons (Fsp3) is 0.353. The van der Waals surface area contributed by atoms with Crippen molar-refractivity contribution in [1.29, 1.82) is 0 Å². The van der Waals surface area contributed by atoms with Gasteiger partial charge in [0.15, 0.2) is 6.61 Å². The summed E-state index contributed by atoms with van der Waals surface area (Å²) in [6.07, 6.45) is 1.63. The van der Waals surface area contributed by atoms with Gasteiger partial charge in [-0.25, -0.2) is 9.78 Å².